The standard InChI is InChI=1S/C6H3Cl3O.3C4H9.Sn/c7-3-1-5(9)6(10)2-4(3)8;3*1-3-4-2;/h1-2,10H;3*1,3-4H2,2H3;/p-1. The Labute approximate surface area is 161 Å². The van der Waals surface area contributed by atoms with Gasteiger partial charge in [-0.25, -0.2) is 0 Å². The van der Waals surface area contributed by atoms with Crippen molar-refractivity contribution >= 4 is 53.6 Å². The van der Waals surface area contributed by atoms with Crippen LogP contribution in [-0.4, -0.2) is 18.8 Å². The molecule has 1 aromatic rings. The van der Waals surface area contributed by atoms with Gasteiger partial charge in [0.1, 0.15) is 0 Å². The predicted octanol–water partition coefficient (Wildman–Crippen LogP) is 8.37. The second-order valence-corrected chi connectivity index (χ2v) is 19.1. The molecule has 0 saturated carbocycles. The first kappa shape index (κ1) is 21.7. The van der Waals surface area contributed by atoms with Crippen LogP contribution in [0.2, 0.25) is 28.4 Å². The average molecular weight is 486 g/mol. The van der Waals surface area contributed by atoms with Crippen molar-refractivity contribution in [1.29, 1.82) is 0 Å². The Morgan fingerprint density at radius 2 is 1.17 bits per heavy atom. The molecule has 0 aliphatic rings. The van der Waals surface area contributed by atoms with Crippen molar-refractivity contribution in [2.45, 2.75) is 72.6 Å². The first-order chi connectivity index (χ1) is 11.0. The fourth-order valence-electron chi connectivity index (χ4n) is 2.84. The maximum atomic E-state index is 6.71. The Balaban J connectivity index is 3.07. The molecule has 0 saturated heterocycles. The molecule has 0 radical (unpaired) electrons. The van der Waals surface area contributed by atoms with Crippen LogP contribution in [0.4, 0.5) is 0 Å². The molecule has 133 valence electrons. The van der Waals surface area contributed by atoms with E-state index in [1.54, 1.807) is 6.07 Å². The molecule has 23 heavy (non-hydrogen) atoms. The summed E-state index contributed by atoms with van der Waals surface area (Å²) < 4.78 is 10.5. The van der Waals surface area contributed by atoms with Gasteiger partial charge in [-0.3, -0.25) is 0 Å². The number of rotatable bonds is 11. The van der Waals surface area contributed by atoms with Gasteiger partial charge in [0.25, 0.3) is 0 Å². The van der Waals surface area contributed by atoms with Gasteiger partial charge in [-0.05, 0) is 0 Å². The second kappa shape index (κ2) is 11.3. The monoisotopic (exact) mass is 486 g/mol. The van der Waals surface area contributed by atoms with Gasteiger partial charge in [0.15, 0.2) is 0 Å². The summed E-state index contributed by atoms with van der Waals surface area (Å²) in [6, 6.07) is 3.51. The van der Waals surface area contributed by atoms with E-state index in [0.717, 1.165) is 5.75 Å². The first-order valence-electron chi connectivity index (χ1n) is 8.81. The third kappa shape index (κ3) is 7.21. The molecule has 0 atom stereocenters. The van der Waals surface area contributed by atoms with Crippen molar-refractivity contribution in [2.24, 2.45) is 0 Å². The number of benzene rings is 1. The summed E-state index contributed by atoms with van der Waals surface area (Å²) in [6.45, 7) is 6.76. The van der Waals surface area contributed by atoms with Crippen molar-refractivity contribution in [3.63, 3.8) is 0 Å². The number of halogens is 3. The van der Waals surface area contributed by atoms with E-state index < -0.39 is 18.8 Å². The quantitative estimate of drug-likeness (QED) is 0.226. The fourth-order valence-corrected chi connectivity index (χ4v) is 17.0. The SMILES string of the molecule is CCC[CH2][Sn-]([CH2]CCC)([CH2]CCC)[O]c1cc(Cl)c(Cl)cc1Cl. The fraction of sp³-hybridized carbons (Fsp3) is 0.667. The molecule has 0 bridgehead atoms. The van der Waals surface area contributed by atoms with Gasteiger partial charge in [-0.15, -0.1) is 0 Å². The van der Waals surface area contributed by atoms with Crippen LogP contribution in [-0.2, 0) is 0 Å². The molecule has 1 aromatic carbocycles. The second-order valence-electron chi connectivity index (χ2n) is 6.29. The Kier molecular flexibility index (Phi) is 10.7. The van der Waals surface area contributed by atoms with E-state index in [0.29, 0.717) is 15.1 Å². The summed E-state index contributed by atoms with van der Waals surface area (Å²) in [5.74, 6) is 0.750. The zero-order valence-corrected chi connectivity index (χ0v) is 19.7. The van der Waals surface area contributed by atoms with Gasteiger partial charge >= 0.3 is 162 Å². The number of unbranched alkanes of at least 4 members (excludes halogenated alkanes) is 3. The molecule has 5 heteroatoms. The maximum absolute atomic E-state index is 6.71. The van der Waals surface area contributed by atoms with Crippen LogP contribution in [0, 0.1) is 0 Å². The molecule has 1 rings (SSSR count). The minimum atomic E-state index is -2.73. The molecule has 0 spiro atoms. The van der Waals surface area contributed by atoms with E-state index in [-0.39, 0.29) is 0 Å². The Morgan fingerprint density at radius 1 is 0.739 bits per heavy atom. The van der Waals surface area contributed by atoms with Crippen LogP contribution in [0.5, 0.6) is 5.75 Å². The van der Waals surface area contributed by atoms with Gasteiger partial charge in [0.05, 0.1) is 0 Å². The van der Waals surface area contributed by atoms with Gasteiger partial charge in [-0.2, -0.15) is 0 Å². The van der Waals surface area contributed by atoms with Crippen LogP contribution in [0.1, 0.15) is 59.3 Å². The summed E-state index contributed by atoms with van der Waals surface area (Å²) >= 11 is 15.9. The molecular formula is C18H29Cl3OSn-. The summed E-state index contributed by atoms with van der Waals surface area (Å²) in [5.41, 5.74) is 0. The summed E-state index contributed by atoms with van der Waals surface area (Å²) in [6.07, 6.45) is 7.41. The molecule has 1 nitrogen and oxygen atoms in total. The van der Waals surface area contributed by atoms with Crippen LogP contribution < -0.4 is 3.07 Å². The van der Waals surface area contributed by atoms with Crippen molar-refractivity contribution in [1.82, 2.24) is 0 Å². The topological polar surface area (TPSA) is 9.23 Å². The first-order valence-corrected chi connectivity index (χ1v) is 17.2. The minimum absolute atomic E-state index is 0.487. The molecule has 0 unspecified atom stereocenters. The molecule has 0 aromatic heterocycles. The van der Waals surface area contributed by atoms with Crippen molar-refractivity contribution in [2.75, 3.05) is 0 Å². The summed E-state index contributed by atoms with van der Waals surface area (Å²) in [4.78, 5) is 0. The van der Waals surface area contributed by atoms with Gasteiger partial charge in [0, 0.05) is 0 Å². The van der Waals surface area contributed by atoms with Gasteiger partial charge < -0.3 is 0 Å². The molecular weight excluding hydrogens is 457 g/mol. The van der Waals surface area contributed by atoms with Crippen molar-refractivity contribution in [3.05, 3.63) is 27.2 Å². The van der Waals surface area contributed by atoms with E-state index >= 15 is 0 Å². The van der Waals surface area contributed by atoms with Crippen LogP contribution in [0.3, 0.4) is 0 Å². The zero-order chi connectivity index (χ0) is 17.3. The van der Waals surface area contributed by atoms with Crippen molar-refractivity contribution in [3.8, 4) is 5.75 Å². The Bertz CT molecular complexity index is 458. The third-order valence-corrected chi connectivity index (χ3v) is 18.0. The number of hydrogen-bond acceptors (Lipinski definition) is 1. The molecule has 0 N–H and O–H groups in total. The van der Waals surface area contributed by atoms with E-state index in [1.165, 1.54) is 51.8 Å². The van der Waals surface area contributed by atoms with Crippen molar-refractivity contribution < 1.29 is 3.07 Å². The predicted molar refractivity (Wildman–Crippen MR) is 107 cm³/mol. The molecule has 0 aliphatic heterocycles. The molecule has 0 heterocycles. The summed E-state index contributed by atoms with van der Waals surface area (Å²) in [7, 11) is 0. The van der Waals surface area contributed by atoms with Crippen LogP contribution in [0.25, 0.3) is 0 Å². The van der Waals surface area contributed by atoms with Gasteiger partial charge in [0.2, 0.25) is 0 Å². The zero-order valence-electron chi connectivity index (χ0n) is 14.6. The van der Waals surface area contributed by atoms with E-state index in [1.807, 2.05) is 6.07 Å². The van der Waals surface area contributed by atoms with E-state index in [9.17, 15) is 0 Å². The third-order valence-electron chi connectivity index (χ3n) is 4.26. The van der Waals surface area contributed by atoms with Crippen LogP contribution in [0.15, 0.2) is 12.1 Å². The Morgan fingerprint density at radius 3 is 1.61 bits per heavy atom. The van der Waals surface area contributed by atoms with Gasteiger partial charge in [-0.1, -0.05) is 0 Å². The molecule has 0 amide bonds. The van der Waals surface area contributed by atoms with Crippen LogP contribution >= 0.6 is 34.8 Å². The normalized spacial score (nSPS) is 11.7. The summed E-state index contributed by atoms with van der Waals surface area (Å²) in [5, 5.41) is 1.60. The molecule has 0 aliphatic carbocycles. The van der Waals surface area contributed by atoms with E-state index in [4.69, 9.17) is 37.9 Å². The molecule has 0 fully saturated rings. The van der Waals surface area contributed by atoms with E-state index in [2.05, 4.69) is 20.8 Å². The average Bonchev–Trinajstić information content (AvgIpc) is 2.53. The number of hydrogen-bond donors (Lipinski definition) is 0. The Hall–Kier alpha value is 0.689.